The van der Waals surface area contributed by atoms with Gasteiger partial charge in [-0.1, -0.05) is 463 Å². The summed E-state index contributed by atoms with van der Waals surface area (Å²) in [6, 6.07) is 0. The molecule has 5 nitrogen and oxygen atoms in total. The second-order valence-electron chi connectivity index (χ2n) is 28.2. The van der Waals surface area contributed by atoms with Crippen LogP contribution in [0.25, 0.3) is 0 Å². The smallest absolute Gasteiger partial charge is 0.306 e. The highest BCUT2D eigenvalue weighted by atomic mass is 16.6. The van der Waals surface area contributed by atoms with Gasteiger partial charge in [-0.25, -0.2) is 0 Å². The lowest BCUT2D eigenvalue weighted by atomic mass is 10.0. The first-order valence-electron chi connectivity index (χ1n) is 40.6. The molecule has 0 aromatic heterocycles. The van der Waals surface area contributed by atoms with Crippen LogP contribution < -0.4 is 0 Å². The number of hydrogen-bond donors (Lipinski definition) is 1. The first kappa shape index (κ1) is 84.9. The lowest BCUT2D eigenvalue weighted by Crippen LogP contribution is -2.28. The predicted molar refractivity (Wildman–Crippen MR) is 381 cm³/mol. The molecule has 0 saturated carbocycles. The van der Waals surface area contributed by atoms with Gasteiger partial charge in [0, 0.05) is 12.8 Å². The summed E-state index contributed by atoms with van der Waals surface area (Å²) in [6.45, 7) is 4.24. The highest BCUT2D eigenvalue weighted by Crippen LogP contribution is 2.21. The van der Waals surface area contributed by atoms with Crippen molar-refractivity contribution in [3.8, 4) is 0 Å². The van der Waals surface area contributed by atoms with E-state index in [1.807, 2.05) is 0 Å². The molecular weight excluding hydrogens is 1050 g/mol. The summed E-state index contributed by atoms with van der Waals surface area (Å²) >= 11 is 0. The van der Waals surface area contributed by atoms with Crippen molar-refractivity contribution in [2.45, 2.75) is 495 Å². The molecule has 1 unspecified atom stereocenters. The van der Waals surface area contributed by atoms with Gasteiger partial charge < -0.3 is 14.6 Å². The summed E-state index contributed by atoms with van der Waals surface area (Å²) < 4.78 is 10.8. The number of unbranched alkanes of at least 4 members (excludes halogenated alkanes) is 70. The molecule has 0 fully saturated rings. The molecule has 0 aliphatic rings. The molecule has 0 aromatic rings. The Morgan fingerprint density at radius 1 is 0.221 bits per heavy atom. The van der Waals surface area contributed by atoms with Crippen LogP contribution in [-0.4, -0.2) is 36.4 Å². The molecule has 5 heteroatoms. The summed E-state index contributed by atoms with van der Waals surface area (Å²) in [5, 5.41) is 9.73. The number of esters is 2. The van der Waals surface area contributed by atoms with Crippen molar-refractivity contribution in [2.75, 3.05) is 13.2 Å². The van der Waals surface area contributed by atoms with Crippen LogP contribution in [-0.2, 0) is 19.1 Å². The Bertz CT molecular complexity index is 1240. The van der Waals surface area contributed by atoms with Crippen molar-refractivity contribution in [3.05, 3.63) is 0 Å². The second-order valence-corrected chi connectivity index (χ2v) is 28.2. The molecule has 0 aliphatic heterocycles. The van der Waals surface area contributed by atoms with Gasteiger partial charge in [-0.3, -0.25) is 9.59 Å². The van der Waals surface area contributed by atoms with Gasteiger partial charge in [-0.2, -0.15) is 0 Å². The average Bonchev–Trinajstić information content (AvgIpc) is 3.54. The lowest BCUT2D eigenvalue weighted by Gasteiger charge is -2.15. The molecule has 0 spiro atoms. The molecule has 0 amide bonds. The molecule has 0 aliphatic carbocycles. The van der Waals surface area contributed by atoms with Gasteiger partial charge in [0.25, 0.3) is 0 Å². The van der Waals surface area contributed by atoms with E-state index in [0.717, 1.165) is 32.1 Å². The van der Waals surface area contributed by atoms with Crippen LogP contribution in [0.15, 0.2) is 0 Å². The Morgan fingerprint density at radius 3 is 0.512 bits per heavy atom. The Morgan fingerprint density at radius 2 is 0.360 bits per heavy atom. The largest absolute Gasteiger partial charge is 0.462 e. The average molecular weight is 1210 g/mol. The fourth-order valence-electron chi connectivity index (χ4n) is 13.3. The van der Waals surface area contributed by atoms with Gasteiger partial charge in [0.05, 0.1) is 6.61 Å². The second kappa shape index (κ2) is 78.1. The van der Waals surface area contributed by atoms with Crippen molar-refractivity contribution in [1.29, 1.82) is 0 Å². The van der Waals surface area contributed by atoms with Gasteiger partial charge in [-0.05, 0) is 12.8 Å². The summed E-state index contributed by atoms with van der Waals surface area (Å²) in [5.41, 5.74) is 0. The molecule has 0 saturated heterocycles. The van der Waals surface area contributed by atoms with E-state index >= 15 is 0 Å². The van der Waals surface area contributed by atoms with Crippen LogP contribution in [0.3, 0.4) is 0 Å². The predicted octanol–water partition coefficient (Wildman–Crippen LogP) is 28.3. The third-order valence-electron chi connectivity index (χ3n) is 19.4. The van der Waals surface area contributed by atoms with Crippen LogP contribution >= 0.6 is 0 Å². The number of ether oxygens (including phenoxy) is 2. The number of hydrogen-bond acceptors (Lipinski definition) is 5. The highest BCUT2D eigenvalue weighted by Gasteiger charge is 2.16. The fourth-order valence-corrected chi connectivity index (χ4v) is 13.3. The lowest BCUT2D eigenvalue weighted by molar-refractivity contribution is -0.161. The van der Waals surface area contributed by atoms with Crippen molar-refractivity contribution < 1.29 is 24.2 Å². The van der Waals surface area contributed by atoms with Crippen LogP contribution in [0.5, 0.6) is 0 Å². The zero-order chi connectivity index (χ0) is 61.9. The molecule has 0 bridgehead atoms. The van der Waals surface area contributed by atoms with E-state index in [2.05, 4.69) is 13.8 Å². The van der Waals surface area contributed by atoms with E-state index in [9.17, 15) is 14.7 Å². The minimum absolute atomic E-state index is 0.0551. The Kier molecular flexibility index (Phi) is 77.1. The van der Waals surface area contributed by atoms with Crippen molar-refractivity contribution in [2.24, 2.45) is 0 Å². The van der Waals surface area contributed by atoms with Gasteiger partial charge in [0.15, 0.2) is 6.10 Å². The zero-order valence-corrected chi connectivity index (χ0v) is 59.4. The number of carbonyl (C=O) groups is 2. The molecule has 514 valence electrons. The topological polar surface area (TPSA) is 72.8 Å². The van der Waals surface area contributed by atoms with Gasteiger partial charge >= 0.3 is 11.9 Å². The summed E-state index contributed by atoms with van der Waals surface area (Å²) in [4.78, 5) is 24.7. The van der Waals surface area contributed by atoms with E-state index < -0.39 is 6.10 Å². The van der Waals surface area contributed by atoms with E-state index in [1.54, 1.807) is 0 Å². The Hall–Kier alpha value is -1.10. The fraction of sp³-hybridized carbons (Fsp3) is 0.975. The maximum atomic E-state index is 12.4. The molecule has 0 aromatic carbocycles. The van der Waals surface area contributed by atoms with Gasteiger partial charge in [-0.15, -0.1) is 0 Å². The van der Waals surface area contributed by atoms with Crippen LogP contribution in [0.4, 0.5) is 0 Å². The first-order valence-corrected chi connectivity index (χ1v) is 40.6. The Balaban J connectivity index is 3.32. The molecule has 0 heterocycles. The highest BCUT2D eigenvalue weighted by molar-refractivity contribution is 5.70. The normalized spacial score (nSPS) is 12.0. The van der Waals surface area contributed by atoms with E-state index in [-0.39, 0.29) is 25.2 Å². The SMILES string of the molecule is CCCCCCCCCCCCCCCCCCCCCCCCCCCCCCCCCCCCCCCCCCCC(=O)OC(CO)COC(=O)CCCCCCCCCCCCCCCCCCCCCCCCCCCCCCCCC. The standard InChI is InChI=1S/C81H160O5/c1-3-5-7-9-11-13-15-17-19-21-23-25-27-29-31-33-35-36-37-38-39-40-41-42-43-44-46-48-50-52-54-56-58-60-62-64-66-68-70-72-74-76-81(84)86-79(77-82)78-85-80(83)75-73-71-69-67-65-63-61-59-57-55-53-51-49-47-45-34-32-30-28-26-24-22-20-18-16-14-12-10-8-6-4-2/h79,82H,3-78H2,1-2H3. The van der Waals surface area contributed by atoms with Crippen molar-refractivity contribution in [1.82, 2.24) is 0 Å². The van der Waals surface area contributed by atoms with Gasteiger partial charge in [0.2, 0.25) is 0 Å². The van der Waals surface area contributed by atoms with E-state index in [4.69, 9.17) is 9.47 Å². The van der Waals surface area contributed by atoms with Crippen LogP contribution in [0.1, 0.15) is 489 Å². The molecule has 86 heavy (non-hydrogen) atoms. The van der Waals surface area contributed by atoms with Crippen LogP contribution in [0, 0.1) is 0 Å². The summed E-state index contributed by atoms with van der Waals surface area (Å²) in [6.07, 6.45) is 101. The Labute approximate surface area is 541 Å². The van der Waals surface area contributed by atoms with Crippen LogP contribution in [0.2, 0.25) is 0 Å². The maximum absolute atomic E-state index is 12.4. The third-order valence-corrected chi connectivity index (χ3v) is 19.4. The third kappa shape index (κ3) is 75.4. The molecule has 1 atom stereocenters. The van der Waals surface area contributed by atoms with E-state index in [1.165, 1.54) is 430 Å². The molecular formula is C81H160O5. The monoisotopic (exact) mass is 1210 g/mol. The van der Waals surface area contributed by atoms with E-state index in [0.29, 0.717) is 12.8 Å². The zero-order valence-electron chi connectivity index (χ0n) is 59.4. The quantitative estimate of drug-likeness (QED) is 0.0485. The minimum atomic E-state index is -0.766. The molecule has 0 rings (SSSR count). The molecule has 0 radical (unpaired) electrons. The first-order chi connectivity index (χ1) is 42.6. The summed E-state index contributed by atoms with van der Waals surface area (Å²) in [5.74, 6) is -0.555. The maximum Gasteiger partial charge on any atom is 0.306 e. The number of aliphatic hydroxyl groups excluding tert-OH is 1. The summed E-state index contributed by atoms with van der Waals surface area (Å²) in [7, 11) is 0. The number of carbonyl (C=O) groups excluding carboxylic acids is 2. The number of aliphatic hydroxyl groups is 1. The molecule has 1 N–H and O–H groups in total. The number of rotatable bonds is 78. The minimum Gasteiger partial charge on any atom is -0.462 e. The van der Waals surface area contributed by atoms with Crippen molar-refractivity contribution in [3.63, 3.8) is 0 Å². The van der Waals surface area contributed by atoms with Gasteiger partial charge in [0.1, 0.15) is 6.61 Å². The van der Waals surface area contributed by atoms with Crippen molar-refractivity contribution >= 4 is 11.9 Å².